The maximum atomic E-state index is 6.54. The van der Waals surface area contributed by atoms with Crippen LogP contribution in [0.2, 0.25) is 0 Å². The average Bonchev–Trinajstić information content (AvgIpc) is 2.86. The Balaban J connectivity index is 2.56. The summed E-state index contributed by atoms with van der Waals surface area (Å²) in [5.41, 5.74) is 10.7. The molecule has 1 unspecified atom stereocenters. The molecule has 0 aliphatic heterocycles. The number of ether oxygens (including phenoxy) is 1. The number of aromatic nitrogens is 2. The van der Waals surface area contributed by atoms with E-state index in [0.29, 0.717) is 0 Å². The van der Waals surface area contributed by atoms with E-state index >= 15 is 0 Å². The summed E-state index contributed by atoms with van der Waals surface area (Å²) >= 11 is 1.37. The van der Waals surface area contributed by atoms with Gasteiger partial charge in [-0.25, -0.2) is 0 Å². The molecular formula is C16H23N3OS. The first-order valence-electron chi connectivity index (χ1n) is 6.99. The first-order valence-corrected chi connectivity index (χ1v) is 7.76. The lowest BCUT2D eigenvalue weighted by Gasteiger charge is -2.22. The average molecular weight is 305 g/mol. The van der Waals surface area contributed by atoms with Gasteiger partial charge in [0.25, 0.3) is 0 Å². The molecule has 0 amide bonds. The molecule has 0 radical (unpaired) electrons. The third-order valence-electron chi connectivity index (χ3n) is 3.53. The highest BCUT2D eigenvalue weighted by atomic mass is 32.1. The van der Waals surface area contributed by atoms with Crippen LogP contribution in [0.5, 0.6) is 5.75 Å². The number of rotatable bonds is 3. The maximum Gasteiger partial charge on any atom is 0.124 e. The summed E-state index contributed by atoms with van der Waals surface area (Å²) in [6.45, 7) is 10.5. The molecule has 0 saturated carbocycles. The Morgan fingerprint density at radius 3 is 2.48 bits per heavy atom. The van der Waals surface area contributed by atoms with E-state index in [4.69, 9.17) is 10.5 Å². The summed E-state index contributed by atoms with van der Waals surface area (Å²) < 4.78 is 9.64. The predicted molar refractivity (Wildman–Crippen MR) is 87.1 cm³/mol. The molecule has 0 spiro atoms. The lowest BCUT2D eigenvalue weighted by molar-refractivity contribution is 0.407. The Morgan fingerprint density at radius 2 is 1.90 bits per heavy atom. The summed E-state index contributed by atoms with van der Waals surface area (Å²) in [7, 11) is 1.68. The third kappa shape index (κ3) is 3.09. The van der Waals surface area contributed by atoms with Crippen LogP contribution in [0.3, 0.4) is 0 Å². The van der Waals surface area contributed by atoms with Crippen molar-refractivity contribution >= 4 is 11.5 Å². The Morgan fingerprint density at radius 1 is 1.24 bits per heavy atom. The van der Waals surface area contributed by atoms with Gasteiger partial charge < -0.3 is 10.5 Å². The van der Waals surface area contributed by atoms with Crippen LogP contribution in [0.4, 0.5) is 0 Å². The van der Waals surface area contributed by atoms with Crippen molar-refractivity contribution in [3.05, 3.63) is 39.4 Å². The Labute approximate surface area is 130 Å². The number of methoxy groups -OCH3 is 1. The molecule has 0 saturated heterocycles. The SMILES string of the molecule is COc1cc(C)cc(C)c1C(N)c1snnc1C(C)(C)C. The number of nitrogens with zero attached hydrogens (tertiary/aromatic N) is 2. The third-order valence-corrected chi connectivity index (χ3v) is 4.34. The fourth-order valence-electron chi connectivity index (χ4n) is 2.56. The van der Waals surface area contributed by atoms with Gasteiger partial charge in [0.1, 0.15) is 5.75 Å². The van der Waals surface area contributed by atoms with Crippen molar-refractivity contribution in [3.8, 4) is 5.75 Å². The monoisotopic (exact) mass is 305 g/mol. The van der Waals surface area contributed by atoms with E-state index in [9.17, 15) is 0 Å². The van der Waals surface area contributed by atoms with E-state index in [-0.39, 0.29) is 11.5 Å². The van der Waals surface area contributed by atoms with Crippen LogP contribution < -0.4 is 10.5 Å². The minimum atomic E-state index is -0.269. The second-order valence-electron chi connectivity index (χ2n) is 6.41. The van der Waals surface area contributed by atoms with Gasteiger partial charge in [-0.15, -0.1) is 5.10 Å². The first-order chi connectivity index (χ1) is 9.75. The first kappa shape index (κ1) is 15.9. The van der Waals surface area contributed by atoms with Crippen LogP contribution in [0.1, 0.15) is 54.1 Å². The molecule has 2 rings (SSSR count). The van der Waals surface area contributed by atoms with Crippen LogP contribution in [0.25, 0.3) is 0 Å². The second-order valence-corrected chi connectivity index (χ2v) is 7.20. The van der Waals surface area contributed by atoms with Gasteiger partial charge in [-0.05, 0) is 42.6 Å². The topological polar surface area (TPSA) is 61.0 Å². The van der Waals surface area contributed by atoms with Crippen molar-refractivity contribution in [2.45, 2.75) is 46.1 Å². The van der Waals surface area contributed by atoms with E-state index < -0.39 is 0 Å². The Hall–Kier alpha value is -1.46. The highest BCUT2D eigenvalue weighted by Crippen LogP contribution is 2.37. The van der Waals surface area contributed by atoms with Crippen LogP contribution in [0.15, 0.2) is 12.1 Å². The highest BCUT2D eigenvalue weighted by molar-refractivity contribution is 7.05. The highest BCUT2D eigenvalue weighted by Gasteiger charge is 2.28. The van der Waals surface area contributed by atoms with Gasteiger partial charge in [0.05, 0.1) is 23.7 Å². The van der Waals surface area contributed by atoms with Crippen molar-refractivity contribution in [1.29, 1.82) is 0 Å². The molecule has 1 aromatic heterocycles. The number of aryl methyl sites for hydroxylation is 2. The van der Waals surface area contributed by atoms with Crippen molar-refractivity contribution in [2.24, 2.45) is 5.73 Å². The van der Waals surface area contributed by atoms with Gasteiger partial charge in [-0.2, -0.15) is 0 Å². The molecule has 114 valence electrons. The predicted octanol–water partition coefficient (Wildman–Crippen LogP) is 3.51. The van der Waals surface area contributed by atoms with Crippen LogP contribution >= 0.6 is 11.5 Å². The van der Waals surface area contributed by atoms with E-state index in [0.717, 1.165) is 27.4 Å². The molecule has 0 aliphatic carbocycles. The summed E-state index contributed by atoms with van der Waals surface area (Å²) in [6, 6.07) is 3.88. The molecule has 5 heteroatoms. The Kier molecular flexibility index (Phi) is 4.35. The minimum Gasteiger partial charge on any atom is -0.496 e. The fraction of sp³-hybridized carbons (Fsp3) is 0.500. The molecule has 2 N–H and O–H groups in total. The standard InChI is InChI=1S/C16H23N3OS/c1-9-7-10(2)12(11(8-9)20-6)13(17)14-15(16(3,4)5)18-19-21-14/h7-8,13H,17H2,1-6H3. The largest absolute Gasteiger partial charge is 0.496 e. The molecule has 1 aromatic carbocycles. The second kappa shape index (κ2) is 5.73. The number of hydrogen-bond acceptors (Lipinski definition) is 5. The minimum absolute atomic E-state index is 0.0776. The normalized spacial score (nSPS) is 13.3. The quantitative estimate of drug-likeness (QED) is 0.942. The van der Waals surface area contributed by atoms with Crippen LogP contribution in [-0.2, 0) is 5.41 Å². The summed E-state index contributed by atoms with van der Waals surface area (Å²) in [4.78, 5) is 1.01. The lowest BCUT2D eigenvalue weighted by Crippen LogP contribution is -2.20. The van der Waals surface area contributed by atoms with Crippen molar-refractivity contribution in [3.63, 3.8) is 0 Å². The summed E-state index contributed by atoms with van der Waals surface area (Å²) in [5.74, 6) is 0.827. The van der Waals surface area contributed by atoms with Crippen molar-refractivity contribution in [1.82, 2.24) is 9.59 Å². The molecule has 4 nitrogen and oxygen atoms in total. The zero-order valence-electron chi connectivity index (χ0n) is 13.5. The maximum absolute atomic E-state index is 6.54. The van der Waals surface area contributed by atoms with Gasteiger partial charge in [0.2, 0.25) is 0 Å². The molecule has 0 bridgehead atoms. The molecule has 2 aromatic rings. The molecule has 0 fully saturated rings. The fourth-order valence-corrected chi connectivity index (χ4v) is 3.44. The molecule has 1 atom stereocenters. The molecule has 1 heterocycles. The van der Waals surface area contributed by atoms with Crippen LogP contribution in [-0.4, -0.2) is 16.7 Å². The molecular weight excluding hydrogens is 282 g/mol. The zero-order valence-corrected chi connectivity index (χ0v) is 14.3. The van der Waals surface area contributed by atoms with Crippen molar-refractivity contribution in [2.75, 3.05) is 7.11 Å². The van der Waals surface area contributed by atoms with E-state index in [1.165, 1.54) is 17.1 Å². The van der Waals surface area contributed by atoms with Crippen molar-refractivity contribution < 1.29 is 4.74 Å². The number of benzene rings is 1. The van der Waals surface area contributed by atoms with Gasteiger partial charge >= 0.3 is 0 Å². The van der Waals surface area contributed by atoms with Gasteiger partial charge in [0, 0.05) is 11.0 Å². The van der Waals surface area contributed by atoms with Crippen LogP contribution in [0, 0.1) is 13.8 Å². The number of nitrogens with two attached hydrogens (primary N) is 1. The Bertz CT molecular complexity index is 643. The summed E-state index contributed by atoms with van der Waals surface area (Å²) in [5, 5.41) is 4.28. The summed E-state index contributed by atoms with van der Waals surface area (Å²) in [6.07, 6.45) is 0. The van der Waals surface area contributed by atoms with E-state index in [2.05, 4.69) is 50.3 Å². The van der Waals surface area contributed by atoms with Gasteiger partial charge in [0.15, 0.2) is 0 Å². The van der Waals surface area contributed by atoms with Gasteiger partial charge in [-0.1, -0.05) is 31.3 Å². The molecule has 21 heavy (non-hydrogen) atoms. The molecule has 0 aliphatic rings. The van der Waals surface area contributed by atoms with E-state index in [1.54, 1.807) is 7.11 Å². The van der Waals surface area contributed by atoms with E-state index in [1.807, 2.05) is 6.07 Å². The zero-order chi connectivity index (χ0) is 15.8. The smallest absolute Gasteiger partial charge is 0.124 e. The number of hydrogen-bond donors (Lipinski definition) is 1. The van der Waals surface area contributed by atoms with Gasteiger partial charge in [-0.3, -0.25) is 0 Å². The lowest BCUT2D eigenvalue weighted by atomic mass is 9.88.